The van der Waals surface area contributed by atoms with E-state index >= 15 is 0 Å². The molecular formula is C22H36O10. The van der Waals surface area contributed by atoms with E-state index in [0.717, 1.165) is 0 Å². The summed E-state index contributed by atoms with van der Waals surface area (Å²) in [4.78, 5) is 12.6. The predicted octanol–water partition coefficient (Wildman–Crippen LogP) is 1.26. The largest absolute Gasteiger partial charge is 0.387 e. The highest BCUT2D eigenvalue weighted by Gasteiger charge is 2.66. The van der Waals surface area contributed by atoms with E-state index in [1.807, 2.05) is 0 Å². The zero-order valence-corrected chi connectivity index (χ0v) is 20.1. The summed E-state index contributed by atoms with van der Waals surface area (Å²) >= 11 is 0. The normalized spacial score (nSPS) is 45.2. The van der Waals surface area contributed by atoms with Crippen molar-refractivity contribution >= 4 is 6.29 Å². The molecule has 4 rings (SSSR count). The molecule has 0 aromatic heterocycles. The van der Waals surface area contributed by atoms with Crippen LogP contribution in [-0.4, -0.2) is 90.0 Å². The molecule has 4 aliphatic heterocycles. The number of aldehydes is 1. The molecule has 0 aliphatic carbocycles. The quantitative estimate of drug-likeness (QED) is 0.602. The van der Waals surface area contributed by atoms with Gasteiger partial charge in [0.1, 0.15) is 36.6 Å². The van der Waals surface area contributed by atoms with Crippen LogP contribution in [0.2, 0.25) is 0 Å². The molecule has 0 radical (unpaired) electrons. The molecule has 0 unspecified atom stereocenters. The van der Waals surface area contributed by atoms with Crippen LogP contribution in [0.1, 0.15) is 55.4 Å². The van der Waals surface area contributed by atoms with Crippen LogP contribution in [0.5, 0.6) is 0 Å². The van der Waals surface area contributed by atoms with Gasteiger partial charge in [-0.2, -0.15) is 0 Å². The van der Waals surface area contributed by atoms with Crippen LogP contribution in [0.4, 0.5) is 0 Å². The molecule has 32 heavy (non-hydrogen) atoms. The molecule has 4 fully saturated rings. The summed E-state index contributed by atoms with van der Waals surface area (Å²) in [5, 5.41) is 11.7. The van der Waals surface area contributed by atoms with Crippen LogP contribution in [0, 0.1) is 0 Å². The lowest BCUT2D eigenvalue weighted by atomic mass is 9.83. The van der Waals surface area contributed by atoms with Gasteiger partial charge in [0.25, 0.3) is 0 Å². The molecule has 4 saturated heterocycles. The third-order valence-corrected chi connectivity index (χ3v) is 6.16. The Kier molecular flexibility index (Phi) is 5.85. The van der Waals surface area contributed by atoms with Crippen molar-refractivity contribution in [2.75, 3.05) is 13.2 Å². The van der Waals surface area contributed by atoms with Gasteiger partial charge in [-0.15, -0.1) is 0 Å². The summed E-state index contributed by atoms with van der Waals surface area (Å²) in [5.41, 5.74) is -1.78. The summed E-state index contributed by atoms with van der Waals surface area (Å²) in [6.07, 6.45) is -4.60. The fraction of sp³-hybridized carbons (Fsp3) is 0.955. The van der Waals surface area contributed by atoms with Gasteiger partial charge < -0.3 is 43.0 Å². The third-order valence-electron chi connectivity index (χ3n) is 6.16. The first-order valence-electron chi connectivity index (χ1n) is 11.1. The van der Waals surface area contributed by atoms with Gasteiger partial charge in [0.15, 0.2) is 35.0 Å². The monoisotopic (exact) mass is 460 g/mol. The molecule has 184 valence electrons. The molecule has 10 nitrogen and oxygen atoms in total. The number of rotatable bonds is 5. The van der Waals surface area contributed by atoms with E-state index in [4.69, 9.17) is 37.9 Å². The van der Waals surface area contributed by atoms with Crippen LogP contribution >= 0.6 is 0 Å². The number of carbonyl (C=O) groups excluding carboxylic acids is 1. The number of hydrogen-bond donors (Lipinski definition) is 1. The van der Waals surface area contributed by atoms with Gasteiger partial charge >= 0.3 is 0 Å². The predicted molar refractivity (Wildman–Crippen MR) is 108 cm³/mol. The van der Waals surface area contributed by atoms with Crippen LogP contribution in [0.15, 0.2) is 0 Å². The van der Waals surface area contributed by atoms with E-state index in [2.05, 4.69) is 0 Å². The Labute approximate surface area is 188 Å². The summed E-state index contributed by atoms with van der Waals surface area (Å²) in [6.45, 7) is 14.5. The highest BCUT2D eigenvalue weighted by atomic mass is 16.8. The Balaban J connectivity index is 1.66. The minimum atomic E-state index is -1.78. The Bertz CT molecular complexity index is 734. The molecule has 0 bridgehead atoms. The van der Waals surface area contributed by atoms with Gasteiger partial charge in [-0.25, -0.2) is 0 Å². The molecule has 4 aliphatic rings. The van der Waals surface area contributed by atoms with Gasteiger partial charge in [0.05, 0.1) is 13.2 Å². The Morgan fingerprint density at radius 3 is 1.81 bits per heavy atom. The molecule has 0 spiro atoms. The van der Waals surface area contributed by atoms with Crippen molar-refractivity contribution in [1.29, 1.82) is 0 Å². The first-order valence-corrected chi connectivity index (χ1v) is 11.1. The van der Waals surface area contributed by atoms with E-state index in [0.29, 0.717) is 6.29 Å². The Hall–Kier alpha value is -0.690. The smallest absolute Gasteiger partial charge is 0.183 e. The molecule has 0 saturated carbocycles. The van der Waals surface area contributed by atoms with Gasteiger partial charge in [-0.05, 0) is 55.4 Å². The van der Waals surface area contributed by atoms with Crippen molar-refractivity contribution < 1.29 is 47.8 Å². The number of carbonyl (C=O) groups is 1. The van der Waals surface area contributed by atoms with E-state index in [1.54, 1.807) is 55.4 Å². The standard InChI is InChI=1S/C22H36O10/c1-18(2)25-9-12(27-18)14-15(30-20(5,6)29-14)16(24)22(11-23)17(31-21(7,8)32-22)13-10-26-19(3,4)28-13/h11-17,24H,9-10H2,1-8H3/t12-,13-,14-,15-,16+,17-,22-/m1/s1. The van der Waals surface area contributed by atoms with Crippen LogP contribution in [-0.2, 0) is 42.7 Å². The van der Waals surface area contributed by atoms with Crippen molar-refractivity contribution in [3.05, 3.63) is 0 Å². The summed E-state index contributed by atoms with van der Waals surface area (Å²) < 4.78 is 47.7. The molecule has 10 heteroatoms. The lowest BCUT2D eigenvalue weighted by Crippen LogP contribution is -2.63. The molecule has 1 N–H and O–H groups in total. The SMILES string of the molecule is CC1(C)O[C@@H]([C@H](O)[C@@]2(C=O)OC(C)(C)O[C@@H]2[C@H]2COC(C)(C)O2)[C@@H]([C@H]2COC(C)(C)O2)O1. The highest BCUT2D eigenvalue weighted by molar-refractivity contribution is 5.66. The van der Waals surface area contributed by atoms with Crippen LogP contribution in [0.25, 0.3) is 0 Å². The zero-order valence-electron chi connectivity index (χ0n) is 20.1. The van der Waals surface area contributed by atoms with Crippen molar-refractivity contribution in [2.24, 2.45) is 0 Å². The lowest BCUT2D eigenvalue weighted by molar-refractivity contribution is -0.205. The Morgan fingerprint density at radius 2 is 1.31 bits per heavy atom. The number of aliphatic hydroxyl groups excluding tert-OH is 1. The highest BCUT2D eigenvalue weighted by Crippen LogP contribution is 2.46. The lowest BCUT2D eigenvalue weighted by Gasteiger charge is -2.38. The average molecular weight is 461 g/mol. The minimum Gasteiger partial charge on any atom is -0.387 e. The maximum Gasteiger partial charge on any atom is 0.183 e. The van der Waals surface area contributed by atoms with E-state index in [-0.39, 0.29) is 13.2 Å². The van der Waals surface area contributed by atoms with Gasteiger partial charge in [-0.3, -0.25) is 4.79 Å². The first-order chi connectivity index (χ1) is 14.6. The number of hydrogen-bond acceptors (Lipinski definition) is 10. The molecule has 7 atom stereocenters. The summed E-state index contributed by atoms with van der Waals surface area (Å²) in [5.74, 6) is -3.81. The first kappa shape index (κ1) is 24.4. The zero-order chi connectivity index (χ0) is 23.7. The molecular weight excluding hydrogens is 424 g/mol. The van der Waals surface area contributed by atoms with Gasteiger partial charge in [0.2, 0.25) is 0 Å². The molecule has 4 heterocycles. The van der Waals surface area contributed by atoms with E-state index in [9.17, 15) is 9.90 Å². The summed E-state index contributed by atoms with van der Waals surface area (Å²) in [7, 11) is 0. The average Bonchev–Trinajstić information content (AvgIpc) is 3.36. The fourth-order valence-corrected chi connectivity index (χ4v) is 5.01. The third kappa shape index (κ3) is 4.37. The number of ether oxygens (including phenoxy) is 8. The summed E-state index contributed by atoms with van der Waals surface area (Å²) in [6, 6.07) is 0. The van der Waals surface area contributed by atoms with Crippen molar-refractivity contribution in [3.63, 3.8) is 0 Å². The molecule has 0 amide bonds. The Morgan fingerprint density at radius 1 is 0.750 bits per heavy atom. The number of aliphatic hydroxyl groups is 1. The fourth-order valence-electron chi connectivity index (χ4n) is 5.01. The van der Waals surface area contributed by atoms with Gasteiger partial charge in [-0.1, -0.05) is 0 Å². The molecule has 0 aromatic carbocycles. The van der Waals surface area contributed by atoms with Crippen molar-refractivity contribution in [3.8, 4) is 0 Å². The second-order valence-electron chi connectivity index (χ2n) is 10.8. The van der Waals surface area contributed by atoms with Crippen LogP contribution < -0.4 is 0 Å². The maximum atomic E-state index is 12.6. The van der Waals surface area contributed by atoms with E-state index < -0.39 is 65.4 Å². The van der Waals surface area contributed by atoms with Gasteiger partial charge in [0, 0.05) is 0 Å². The van der Waals surface area contributed by atoms with Crippen LogP contribution in [0.3, 0.4) is 0 Å². The maximum absolute atomic E-state index is 12.6. The second kappa shape index (κ2) is 7.66. The topological polar surface area (TPSA) is 111 Å². The van der Waals surface area contributed by atoms with E-state index in [1.165, 1.54) is 0 Å². The van der Waals surface area contributed by atoms with Crippen molar-refractivity contribution in [1.82, 2.24) is 0 Å². The van der Waals surface area contributed by atoms with Crippen molar-refractivity contribution in [2.45, 2.75) is 121 Å². The second-order valence-corrected chi connectivity index (χ2v) is 10.8. The minimum absolute atomic E-state index is 0.185. The molecule has 0 aromatic rings.